The highest BCUT2D eigenvalue weighted by molar-refractivity contribution is 5.33. The first-order valence-corrected chi connectivity index (χ1v) is 9.69. The van der Waals surface area contributed by atoms with Crippen LogP contribution in [0.1, 0.15) is 30.1 Å². The van der Waals surface area contributed by atoms with Crippen molar-refractivity contribution in [2.24, 2.45) is 0 Å². The van der Waals surface area contributed by atoms with Crippen LogP contribution in [0.4, 0.5) is 4.39 Å². The van der Waals surface area contributed by atoms with Gasteiger partial charge in [-0.15, -0.1) is 0 Å². The fraction of sp³-hybridized carbons (Fsp3) is 0.455. The number of benzene rings is 2. The van der Waals surface area contributed by atoms with E-state index in [2.05, 4.69) is 23.1 Å². The molecular formula is C22H26FNO3. The lowest BCUT2D eigenvalue weighted by atomic mass is 10.1. The SMILES string of the molecule is OC(CO[C@H]1CCc2ccccc21)CN1CC[C@H](Oc2ccc(F)cc2)C1. The molecule has 1 aliphatic carbocycles. The van der Waals surface area contributed by atoms with E-state index in [1.54, 1.807) is 12.1 Å². The highest BCUT2D eigenvalue weighted by atomic mass is 19.1. The molecule has 4 nitrogen and oxygen atoms in total. The molecule has 144 valence electrons. The fourth-order valence-corrected chi connectivity index (χ4v) is 4.03. The van der Waals surface area contributed by atoms with Gasteiger partial charge in [-0.3, -0.25) is 4.90 Å². The molecule has 0 saturated carbocycles. The summed E-state index contributed by atoms with van der Waals surface area (Å²) in [6, 6.07) is 14.5. The lowest BCUT2D eigenvalue weighted by Gasteiger charge is -2.22. The van der Waals surface area contributed by atoms with Crippen LogP contribution in [-0.2, 0) is 11.2 Å². The zero-order valence-corrected chi connectivity index (χ0v) is 15.4. The molecule has 27 heavy (non-hydrogen) atoms. The minimum Gasteiger partial charge on any atom is -0.489 e. The van der Waals surface area contributed by atoms with Gasteiger partial charge in [0.05, 0.1) is 18.8 Å². The predicted molar refractivity (Wildman–Crippen MR) is 101 cm³/mol. The molecule has 0 amide bonds. The van der Waals surface area contributed by atoms with E-state index in [0.717, 1.165) is 32.4 Å². The fourth-order valence-electron chi connectivity index (χ4n) is 4.03. The summed E-state index contributed by atoms with van der Waals surface area (Å²) < 4.78 is 24.9. The summed E-state index contributed by atoms with van der Waals surface area (Å²) in [4.78, 5) is 2.20. The Hall–Kier alpha value is -1.95. The molecule has 2 aromatic carbocycles. The topological polar surface area (TPSA) is 41.9 Å². The Morgan fingerprint density at radius 3 is 2.78 bits per heavy atom. The Morgan fingerprint density at radius 2 is 1.93 bits per heavy atom. The second kappa shape index (κ2) is 8.38. The number of hydrogen-bond donors (Lipinski definition) is 1. The van der Waals surface area contributed by atoms with Gasteiger partial charge in [-0.1, -0.05) is 24.3 Å². The Kier molecular flexibility index (Phi) is 5.72. The number of halogens is 1. The standard InChI is InChI=1S/C22H26FNO3/c23-17-6-8-19(9-7-17)27-20-11-12-24(14-20)13-18(25)15-26-22-10-5-16-3-1-2-4-21(16)22/h1-4,6-9,18,20,22,25H,5,10-15H2/t18?,20-,22-/m0/s1. The number of aliphatic hydroxyl groups is 1. The Morgan fingerprint density at radius 1 is 1.11 bits per heavy atom. The van der Waals surface area contributed by atoms with Crippen LogP contribution >= 0.6 is 0 Å². The second-order valence-corrected chi connectivity index (χ2v) is 7.46. The number of rotatable bonds is 7. The van der Waals surface area contributed by atoms with Gasteiger partial charge in [-0.25, -0.2) is 4.39 Å². The third-order valence-electron chi connectivity index (χ3n) is 5.38. The van der Waals surface area contributed by atoms with Crippen LogP contribution in [0.25, 0.3) is 0 Å². The zero-order valence-electron chi connectivity index (χ0n) is 15.4. The van der Waals surface area contributed by atoms with Crippen LogP contribution in [0.2, 0.25) is 0 Å². The van der Waals surface area contributed by atoms with Gasteiger partial charge in [0.25, 0.3) is 0 Å². The number of aryl methyl sites for hydroxylation is 1. The largest absolute Gasteiger partial charge is 0.489 e. The van der Waals surface area contributed by atoms with Crippen LogP contribution in [-0.4, -0.2) is 48.5 Å². The average Bonchev–Trinajstić information content (AvgIpc) is 3.29. The molecule has 5 heteroatoms. The molecule has 2 aliphatic rings. The second-order valence-electron chi connectivity index (χ2n) is 7.46. The number of aliphatic hydroxyl groups excluding tert-OH is 1. The Bertz CT molecular complexity index is 751. The summed E-state index contributed by atoms with van der Waals surface area (Å²) in [5.41, 5.74) is 2.62. The summed E-state index contributed by atoms with van der Waals surface area (Å²) in [6.07, 6.45) is 2.60. The van der Waals surface area contributed by atoms with E-state index in [-0.39, 0.29) is 18.0 Å². The molecule has 1 fully saturated rings. The van der Waals surface area contributed by atoms with Gasteiger partial charge in [0.1, 0.15) is 17.7 Å². The maximum Gasteiger partial charge on any atom is 0.123 e. The van der Waals surface area contributed by atoms with Crippen molar-refractivity contribution >= 4 is 0 Å². The maximum absolute atomic E-state index is 13.0. The Balaban J connectivity index is 1.20. The van der Waals surface area contributed by atoms with E-state index in [4.69, 9.17) is 9.47 Å². The highest BCUT2D eigenvalue weighted by Gasteiger charge is 2.27. The van der Waals surface area contributed by atoms with Gasteiger partial charge in [0.15, 0.2) is 0 Å². The summed E-state index contributed by atoms with van der Waals surface area (Å²) in [6.45, 7) is 2.58. The van der Waals surface area contributed by atoms with E-state index in [9.17, 15) is 9.50 Å². The first-order valence-electron chi connectivity index (χ1n) is 9.69. The van der Waals surface area contributed by atoms with E-state index in [0.29, 0.717) is 18.9 Å². The number of likely N-dealkylation sites (tertiary alicyclic amines) is 1. The molecule has 1 saturated heterocycles. The number of hydrogen-bond acceptors (Lipinski definition) is 4. The zero-order chi connectivity index (χ0) is 18.6. The first-order chi connectivity index (χ1) is 13.2. The normalized spacial score (nSPS) is 23.3. The quantitative estimate of drug-likeness (QED) is 0.811. The van der Waals surface area contributed by atoms with Crippen molar-refractivity contribution in [1.82, 2.24) is 4.90 Å². The Labute approximate surface area is 159 Å². The predicted octanol–water partition coefficient (Wildman–Crippen LogP) is 3.34. The molecular weight excluding hydrogens is 345 g/mol. The first kappa shape index (κ1) is 18.4. The third kappa shape index (κ3) is 4.67. The lowest BCUT2D eigenvalue weighted by Crippen LogP contribution is -2.35. The van der Waals surface area contributed by atoms with Gasteiger partial charge < -0.3 is 14.6 Å². The van der Waals surface area contributed by atoms with Crippen LogP contribution < -0.4 is 4.74 Å². The van der Waals surface area contributed by atoms with Gasteiger partial charge in [0.2, 0.25) is 0 Å². The number of fused-ring (bicyclic) bond motifs is 1. The minimum absolute atomic E-state index is 0.0743. The molecule has 1 N–H and O–H groups in total. The van der Waals surface area contributed by atoms with E-state index < -0.39 is 6.10 Å². The van der Waals surface area contributed by atoms with Crippen molar-refractivity contribution in [1.29, 1.82) is 0 Å². The van der Waals surface area contributed by atoms with Crippen LogP contribution in [0.5, 0.6) is 5.75 Å². The summed E-state index contributed by atoms with van der Waals surface area (Å²) in [5, 5.41) is 10.4. The van der Waals surface area contributed by atoms with Gasteiger partial charge >= 0.3 is 0 Å². The molecule has 0 spiro atoms. The van der Waals surface area contributed by atoms with Crippen molar-refractivity contribution in [2.45, 2.75) is 37.6 Å². The molecule has 0 aromatic heterocycles. The van der Waals surface area contributed by atoms with Crippen LogP contribution in [0.15, 0.2) is 48.5 Å². The summed E-state index contributed by atoms with van der Waals surface area (Å²) in [7, 11) is 0. The maximum atomic E-state index is 13.0. The van der Waals surface area contributed by atoms with Crippen LogP contribution in [0.3, 0.4) is 0 Å². The molecule has 1 aliphatic heterocycles. The number of β-amino-alcohol motifs (C(OH)–C–C–N with tert-alkyl or cyclic N) is 1. The molecule has 1 unspecified atom stereocenters. The van der Waals surface area contributed by atoms with Crippen molar-refractivity contribution < 1.29 is 19.0 Å². The third-order valence-corrected chi connectivity index (χ3v) is 5.38. The summed E-state index contributed by atoms with van der Waals surface area (Å²) in [5.74, 6) is 0.426. The average molecular weight is 371 g/mol. The van der Waals surface area contributed by atoms with Crippen molar-refractivity contribution in [3.8, 4) is 5.75 Å². The van der Waals surface area contributed by atoms with Crippen molar-refractivity contribution in [3.63, 3.8) is 0 Å². The molecule has 0 bridgehead atoms. The van der Waals surface area contributed by atoms with Gasteiger partial charge in [-0.05, 0) is 54.7 Å². The highest BCUT2D eigenvalue weighted by Crippen LogP contribution is 2.33. The molecule has 0 radical (unpaired) electrons. The van der Waals surface area contributed by atoms with E-state index >= 15 is 0 Å². The van der Waals surface area contributed by atoms with Gasteiger partial charge in [-0.2, -0.15) is 0 Å². The van der Waals surface area contributed by atoms with Crippen LogP contribution in [0, 0.1) is 5.82 Å². The van der Waals surface area contributed by atoms with Gasteiger partial charge in [0, 0.05) is 19.6 Å². The molecule has 2 aromatic rings. The monoisotopic (exact) mass is 371 g/mol. The smallest absolute Gasteiger partial charge is 0.123 e. The van der Waals surface area contributed by atoms with Crippen molar-refractivity contribution in [3.05, 3.63) is 65.5 Å². The van der Waals surface area contributed by atoms with E-state index in [1.807, 2.05) is 6.07 Å². The van der Waals surface area contributed by atoms with Crippen molar-refractivity contribution in [2.75, 3.05) is 26.2 Å². The molecule has 1 heterocycles. The number of nitrogens with zero attached hydrogens (tertiary/aromatic N) is 1. The summed E-state index contributed by atoms with van der Waals surface area (Å²) >= 11 is 0. The minimum atomic E-state index is -0.512. The molecule has 3 atom stereocenters. The molecule has 4 rings (SSSR count). The lowest BCUT2D eigenvalue weighted by molar-refractivity contribution is -0.0200. The van der Waals surface area contributed by atoms with E-state index in [1.165, 1.54) is 23.3 Å². The number of ether oxygens (including phenoxy) is 2.